The predicted molar refractivity (Wildman–Crippen MR) is 87.2 cm³/mol. The molecule has 1 N–H and O–H groups in total. The molecule has 1 aliphatic heterocycles. The second kappa shape index (κ2) is 7.21. The van der Waals surface area contributed by atoms with Crippen molar-refractivity contribution in [1.82, 2.24) is 14.9 Å². The van der Waals surface area contributed by atoms with Gasteiger partial charge in [0.25, 0.3) is 0 Å². The molecule has 1 aliphatic rings. The van der Waals surface area contributed by atoms with Crippen LogP contribution in [-0.4, -0.2) is 44.2 Å². The van der Waals surface area contributed by atoms with E-state index >= 15 is 0 Å². The van der Waals surface area contributed by atoms with Gasteiger partial charge >= 0.3 is 5.97 Å². The minimum absolute atomic E-state index is 0.0888. The van der Waals surface area contributed by atoms with Crippen molar-refractivity contribution in [3.63, 3.8) is 0 Å². The van der Waals surface area contributed by atoms with Crippen molar-refractivity contribution in [1.29, 1.82) is 0 Å². The van der Waals surface area contributed by atoms with E-state index in [0.717, 1.165) is 5.56 Å². The highest BCUT2D eigenvalue weighted by Gasteiger charge is 2.45. The first-order valence-electron chi connectivity index (χ1n) is 7.91. The van der Waals surface area contributed by atoms with Gasteiger partial charge in [-0.1, -0.05) is 30.3 Å². The lowest BCUT2D eigenvalue weighted by molar-refractivity contribution is -0.151. The van der Waals surface area contributed by atoms with Crippen molar-refractivity contribution in [3.8, 4) is 0 Å². The maximum Gasteiger partial charge on any atom is 0.372 e. The van der Waals surface area contributed by atoms with Crippen molar-refractivity contribution >= 4 is 17.7 Å². The lowest BCUT2D eigenvalue weighted by atomic mass is 9.86. The minimum atomic E-state index is -1.50. The Kier molecular flexibility index (Phi) is 4.83. The number of carbonyl (C=O) groups is 3. The molecule has 7 heteroatoms. The molecule has 7 nitrogen and oxygen atoms in total. The molecule has 1 amide bonds. The van der Waals surface area contributed by atoms with Gasteiger partial charge in [-0.2, -0.15) is 0 Å². The third kappa shape index (κ3) is 3.71. The van der Waals surface area contributed by atoms with Crippen LogP contribution in [0.2, 0.25) is 0 Å². The highest BCUT2D eigenvalue weighted by atomic mass is 16.4. The van der Waals surface area contributed by atoms with Crippen molar-refractivity contribution in [2.24, 2.45) is 11.8 Å². The first kappa shape index (κ1) is 16.8. The molecule has 128 valence electrons. The largest absolute Gasteiger partial charge is 0.475 e. The van der Waals surface area contributed by atoms with Gasteiger partial charge in [0.1, 0.15) is 6.33 Å². The van der Waals surface area contributed by atoms with Crippen molar-refractivity contribution in [3.05, 3.63) is 60.2 Å². The summed E-state index contributed by atoms with van der Waals surface area (Å²) in [4.78, 5) is 45.4. The van der Waals surface area contributed by atoms with Gasteiger partial charge in [0, 0.05) is 12.7 Å². The summed E-state index contributed by atoms with van der Waals surface area (Å²) in [6, 6.07) is 11.0. The molecule has 2 aromatic rings. The molecule has 1 saturated heterocycles. The first-order valence-corrected chi connectivity index (χ1v) is 7.91. The zero-order chi connectivity index (χ0) is 17.8. The molecule has 0 unspecified atom stereocenters. The van der Waals surface area contributed by atoms with Crippen LogP contribution in [0, 0.1) is 11.8 Å². The van der Waals surface area contributed by atoms with Gasteiger partial charge in [-0.25, -0.2) is 14.8 Å². The second-order valence-electron chi connectivity index (χ2n) is 5.99. The van der Waals surface area contributed by atoms with Crippen LogP contribution in [0.25, 0.3) is 0 Å². The number of amides is 1. The van der Waals surface area contributed by atoms with Crippen molar-refractivity contribution < 1.29 is 19.5 Å². The van der Waals surface area contributed by atoms with Gasteiger partial charge in [0.15, 0.2) is 0 Å². The smallest absolute Gasteiger partial charge is 0.372 e. The fourth-order valence-electron chi connectivity index (χ4n) is 3.13. The van der Waals surface area contributed by atoms with E-state index in [1.165, 1.54) is 11.2 Å². The molecule has 25 heavy (non-hydrogen) atoms. The highest BCUT2D eigenvalue weighted by Crippen LogP contribution is 2.30. The minimum Gasteiger partial charge on any atom is -0.475 e. The second-order valence-corrected chi connectivity index (χ2v) is 5.99. The van der Waals surface area contributed by atoms with Gasteiger partial charge < -0.3 is 10.0 Å². The average Bonchev–Trinajstić information content (AvgIpc) is 2.92. The van der Waals surface area contributed by atoms with Gasteiger partial charge in [0.05, 0.1) is 24.1 Å². The summed E-state index contributed by atoms with van der Waals surface area (Å²) in [6.45, 7) is 0.321. The Morgan fingerprint density at radius 3 is 2.60 bits per heavy atom. The average molecular weight is 339 g/mol. The quantitative estimate of drug-likeness (QED) is 0.787. The molecule has 0 bridgehead atoms. The van der Waals surface area contributed by atoms with Crippen LogP contribution < -0.4 is 0 Å². The van der Waals surface area contributed by atoms with Crippen LogP contribution in [-0.2, 0) is 27.3 Å². The number of carboxylic acid groups (broad SMARTS) is 1. The lowest BCUT2D eigenvalue weighted by Gasteiger charge is -2.16. The summed E-state index contributed by atoms with van der Waals surface area (Å²) in [5.41, 5.74) is 1.54. The summed E-state index contributed by atoms with van der Waals surface area (Å²) in [5, 5.41) is 9.09. The fraction of sp³-hybridized carbons (Fsp3) is 0.278. The van der Waals surface area contributed by atoms with Crippen LogP contribution in [0.4, 0.5) is 0 Å². The Labute approximate surface area is 144 Å². The number of aliphatic carboxylic acids is 1. The Balaban J connectivity index is 1.83. The standard InChI is InChI=1S/C18H17N3O4/c22-16(18(24)25)15-10-21(9-13-6-7-19-11-20-13)17(23)14(15)8-12-4-2-1-3-5-12/h1-7,11,14-15H,8-10H2,(H,24,25)/t14-,15+/m1/s1. The van der Waals surface area contributed by atoms with Crippen LogP contribution in [0.1, 0.15) is 11.3 Å². The summed E-state index contributed by atoms with van der Waals surface area (Å²) >= 11 is 0. The van der Waals surface area contributed by atoms with Gasteiger partial charge in [-0.3, -0.25) is 9.59 Å². The first-order chi connectivity index (χ1) is 12.1. The fourth-order valence-corrected chi connectivity index (χ4v) is 3.13. The molecular formula is C18H17N3O4. The number of aromatic nitrogens is 2. The molecule has 0 aliphatic carbocycles. The number of hydrogen-bond donors (Lipinski definition) is 1. The van der Waals surface area contributed by atoms with E-state index in [9.17, 15) is 14.4 Å². The maximum atomic E-state index is 12.8. The van der Waals surface area contributed by atoms with Crippen LogP contribution in [0.3, 0.4) is 0 Å². The zero-order valence-corrected chi connectivity index (χ0v) is 13.4. The Hall–Kier alpha value is -3.09. The van der Waals surface area contributed by atoms with Crippen molar-refractivity contribution in [2.45, 2.75) is 13.0 Å². The molecule has 1 fully saturated rings. The van der Waals surface area contributed by atoms with E-state index < -0.39 is 23.6 Å². The van der Waals surface area contributed by atoms with Gasteiger partial charge in [-0.05, 0) is 18.1 Å². The number of carbonyl (C=O) groups excluding carboxylic acids is 2. The van der Waals surface area contributed by atoms with E-state index in [-0.39, 0.29) is 19.0 Å². The highest BCUT2D eigenvalue weighted by molar-refractivity contribution is 6.34. The summed E-state index contributed by atoms with van der Waals surface area (Å²) < 4.78 is 0. The molecular weight excluding hydrogens is 322 g/mol. The van der Waals surface area contributed by atoms with Crippen molar-refractivity contribution in [2.75, 3.05) is 6.54 Å². The van der Waals surface area contributed by atoms with E-state index in [2.05, 4.69) is 9.97 Å². The van der Waals surface area contributed by atoms with E-state index in [4.69, 9.17) is 5.11 Å². The number of likely N-dealkylation sites (tertiary alicyclic amines) is 1. The lowest BCUT2D eigenvalue weighted by Crippen LogP contribution is -2.31. The monoisotopic (exact) mass is 339 g/mol. The number of carboxylic acids is 1. The SMILES string of the molecule is O=C(O)C(=O)[C@H]1CN(Cc2ccncn2)C(=O)[C@@H]1Cc1ccccc1. The Bertz CT molecular complexity index is 779. The predicted octanol–water partition coefficient (Wildman–Crippen LogP) is 0.948. The number of benzene rings is 1. The summed E-state index contributed by atoms with van der Waals surface area (Å²) in [7, 11) is 0. The normalized spacial score (nSPS) is 19.8. The number of nitrogens with zero attached hydrogens (tertiary/aromatic N) is 3. The molecule has 0 spiro atoms. The number of ketones is 1. The van der Waals surface area contributed by atoms with E-state index in [1.807, 2.05) is 30.3 Å². The molecule has 0 saturated carbocycles. The van der Waals surface area contributed by atoms with Crippen LogP contribution >= 0.6 is 0 Å². The van der Waals surface area contributed by atoms with Gasteiger partial charge in [-0.15, -0.1) is 0 Å². The summed E-state index contributed by atoms with van der Waals surface area (Å²) in [5.74, 6) is -4.17. The van der Waals surface area contributed by atoms with Crippen LogP contribution in [0.5, 0.6) is 0 Å². The molecule has 2 atom stereocenters. The zero-order valence-electron chi connectivity index (χ0n) is 13.4. The summed E-state index contributed by atoms with van der Waals surface area (Å²) in [6.07, 6.45) is 3.30. The molecule has 1 aromatic carbocycles. The number of rotatable bonds is 6. The molecule has 0 radical (unpaired) electrons. The van der Waals surface area contributed by atoms with Gasteiger partial charge in [0.2, 0.25) is 11.7 Å². The van der Waals surface area contributed by atoms with E-state index in [1.54, 1.807) is 12.3 Å². The molecule has 3 rings (SSSR count). The third-order valence-electron chi connectivity index (χ3n) is 4.37. The molecule has 1 aromatic heterocycles. The Morgan fingerprint density at radius 1 is 1.20 bits per heavy atom. The molecule has 2 heterocycles. The van der Waals surface area contributed by atoms with Crippen LogP contribution in [0.15, 0.2) is 48.9 Å². The number of Topliss-reactive ketones (excluding diaryl/α,β-unsaturated/α-hetero) is 1. The van der Waals surface area contributed by atoms with E-state index in [0.29, 0.717) is 12.1 Å². The Morgan fingerprint density at radius 2 is 1.96 bits per heavy atom. The number of hydrogen-bond acceptors (Lipinski definition) is 5. The topological polar surface area (TPSA) is 100 Å². The maximum absolute atomic E-state index is 12.8. The third-order valence-corrected chi connectivity index (χ3v) is 4.37.